The van der Waals surface area contributed by atoms with Crippen molar-refractivity contribution < 1.29 is 19.1 Å². The van der Waals surface area contributed by atoms with E-state index in [-0.39, 0.29) is 30.1 Å². The Morgan fingerprint density at radius 3 is 2.15 bits per heavy atom. The fraction of sp³-hybridized carbons (Fsp3) is 0.654. The van der Waals surface area contributed by atoms with Gasteiger partial charge in [0.05, 0.1) is 6.04 Å². The molecule has 0 fully saturated rings. The smallest absolute Gasteiger partial charge is 0.245 e. The van der Waals surface area contributed by atoms with E-state index in [9.17, 15) is 14.4 Å². The lowest BCUT2D eigenvalue weighted by Gasteiger charge is -2.23. The van der Waals surface area contributed by atoms with Gasteiger partial charge in [-0.2, -0.15) is 0 Å². The van der Waals surface area contributed by atoms with Crippen LogP contribution >= 0.6 is 0 Å². The van der Waals surface area contributed by atoms with Gasteiger partial charge in [-0.1, -0.05) is 59.7 Å². The molecule has 1 aromatic rings. The zero-order valence-electron chi connectivity index (χ0n) is 21.4. The predicted octanol–water partition coefficient (Wildman–Crippen LogP) is 3.58. The first-order chi connectivity index (χ1) is 15.5. The van der Waals surface area contributed by atoms with Gasteiger partial charge >= 0.3 is 0 Å². The number of Topliss-reactive ketones (excluding diaryl/α,β-unsaturated/α-hetero) is 1. The highest BCUT2D eigenvalue weighted by atomic mass is 16.5. The summed E-state index contributed by atoms with van der Waals surface area (Å²) in [5.74, 6) is -0.0425. The summed E-state index contributed by atoms with van der Waals surface area (Å²) >= 11 is 0. The summed E-state index contributed by atoms with van der Waals surface area (Å²) < 4.78 is 4.78. The molecular formula is C26H43N3O4. The minimum absolute atomic E-state index is 0.0167. The van der Waals surface area contributed by atoms with Crippen LogP contribution in [0.15, 0.2) is 18.2 Å². The normalized spacial score (nSPS) is 13.3. The molecule has 1 aromatic carbocycles. The van der Waals surface area contributed by atoms with Crippen LogP contribution in [0.4, 0.5) is 0 Å². The van der Waals surface area contributed by atoms with Crippen LogP contribution in [-0.4, -0.2) is 43.9 Å². The Kier molecular flexibility index (Phi) is 12.3. The van der Waals surface area contributed by atoms with Crippen molar-refractivity contribution in [3.63, 3.8) is 0 Å². The molecule has 7 nitrogen and oxygen atoms in total. The van der Waals surface area contributed by atoms with Crippen molar-refractivity contribution >= 4 is 17.6 Å². The van der Waals surface area contributed by atoms with Gasteiger partial charge in [0.1, 0.15) is 12.6 Å². The van der Waals surface area contributed by atoms with Gasteiger partial charge in [0, 0.05) is 19.6 Å². The molecule has 186 valence electrons. The van der Waals surface area contributed by atoms with Crippen LogP contribution in [0.3, 0.4) is 0 Å². The van der Waals surface area contributed by atoms with Crippen molar-refractivity contribution in [1.29, 1.82) is 0 Å². The third kappa shape index (κ3) is 9.26. The summed E-state index contributed by atoms with van der Waals surface area (Å²) in [6.07, 6.45) is 1.89. The molecule has 7 heteroatoms. The topological polar surface area (TPSA) is 111 Å². The summed E-state index contributed by atoms with van der Waals surface area (Å²) in [5, 5.41) is 5.64. The quantitative estimate of drug-likeness (QED) is 0.367. The molecule has 2 amide bonds. The number of hydrogen-bond donors (Lipinski definition) is 3. The van der Waals surface area contributed by atoms with Crippen molar-refractivity contribution in [2.24, 2.45) is 11.7 Å². The second-order valence-corrected chi connectivity index (χ2v) is 9.57. The monoisotopic (exact) mass is 461 g/mol. The Morgan fingerprint density at radius 1 is 0.970 bits per heavy atom. The van der Waals surface area contributed by atoms with Crippen LogP contribution in [0.25, 0.3) is 0 Å². The number of carbonyl (C=O) groups is 3. The zero-order valence-corrected chi connectivity index (χ0v) is 21.4. The molecule has 0 aliphatic heterocycles. The van der Waals surface area contributed by atoms with Crippen LogP contribution in [-0.2, 0) is 19.1 Å². The van der Waals surface area contributed by atoms with Gasteiger partial charge < -0.3 is 21.1 Å². The lowest BCUT2D eigenvalue weighted by molar-refractivity contribution is -0.130. The lowest BCUT2D eigenvalue weighted by atomic mass is 9.88. The summed E-state index contributed by atoms with van der Waals surface area (Å²) in [4.78, 5) is 37.1. The van der Waals surface area contributed by atoms with E-state index in [1.165, 1.54) is 18.2 Å². The maximum absolute atomic E-state index is 13.0. The number of amides is 2. The second kappa shape index (κ2) is 14.1. The summed E-state index contributed by atoms with van der Waals surface area (Å²) in [7, 11) is 1.47. The highest BCUT2D eigenvalue weighted by Crippen LogP contribution is 2.28. The van der Waals surface area contributed by atoms with Crippen LogP contribution in [0, 0.1) is 5.92 Å². The standard InChI is InChI=1S/C26H43N3O4/c1-16(2)20-12-11-19(14-21(20)17(3)4)24(27)26(32)29-22(25(31)18(5)6)10-8-9-13-28-23(30)15-33-7/h11-12,14,16-18,22,24H,8-10,13,15,27H2,1-7H3,(H,28,30)(H,29,32)/t22-,24-/m0/s1. The number of ketones is 1. The third-order valence-electron chi connectivity index (χ3n) is 5.74. The fourth-order valence-corrected chi connectivity index (χ4v) is 3.80. The number of ether oxygens (including phenoxy) is 1. The number of rotatable bonds is 14. The summed E-state index contributed by atoms with van der Waals surface area (Å²) in [6, 6.07) is 4.54. The van der Waals surface area contributed by atoms with E-state index in [4.69, 9.17) is 10.5 Å². The molecule has 0 aliphatic carbocycles. The Balaban J connectivity index is 2.83. The number of unbranched alkanes of at least 4 members (excludes halogenated alkanes) is 1. The van der Waals surface area contributed by atoms with E-state index in [0.717, 1.165) is 5.56 Å². The second-order valence-electron chi connectivity index (χ2n) is 9.57. The third-order valence-corrected chi connectivity index (χ3v) is 5.74. The van der Waals surface area contributed by atoms with Crippen molar-refractivity contribution in [1.82, 2.24) is 10.6 Å². The molecule has 0 aromatic heterocycles. The summed E-state index contributed by atoms with van der Waals surface area (Å²) in [5.41, 5.74) is 9.51. The first-order valence-electron chi connectivity index (χ1n) is 12.0. The fourth-order valence-electron chi connectivity index (χ4n) is 3.80. The van der Waals surface area contributed by atoms with Gasteiger partial charge in [0.2, 0.25) is 11.8 Å². The molecule has 4 N–H and O–H groups in total. The van der Waals surface area contributed by atoms with Crippen molar-refractivity contribution in [3.05, 3.63) is 34.9 Å². The van der Waals surface area contributed by atoms with E-state index in [2.05, 4.69) is 44.4 Å². The highest BCUT2D eigenvalue weighted by molar-refractivity contribution is 5.92. The van der Waals surface area contributed by atoms with Crippen molar-refractivity contribution in [3.8, 4) is 0 Å². The molecule has 0 aliphatic rings. The van der Waals surface area contributed by atoms with Gasteiger partial charge in [-0.3, -0.25) is 14.4 Å². The minimum atomic E-state index is -0.848. The molecular weight excluding hydrogens is 418 g/mol. The molecule has 0 radical (unpaired) electrons. The number of nitrogens with one attached hydrogen (secondary N) is 2. The molecule has 1 rings (SSSR count). The Morgan fingerprint density at radius 2 is 1.61 bits per heavy atom. The van der Waals surface area contributed by atoms with Gasteiger partial charge in [-0.05, 0) is 47.8 Å². The van der Waals surface area contributed by atoms with Gasteiger partial charge in [-0.25, -0.2) is 0 Å². The number of hydrogen-bond acceptors (Lipinski definition) is 5. The Hall–Kier alpha value is -2.25. The number of carbonyl (C=O) groups excluding carboxylic acids is 3. The SMILES string of the molecule is COCC(=O)NCCCC[C@H](NC(=O)[C@@H](N)c1ccc(C(C)C)c(C(C)C)c1)C(=O)C(C)C. The Labute approximate surface area is 199 Å². The molecule has 0 heterocycles. The molecule has 0 spiro atoms. The number of nitrogens with two attached hydrogens (primary N) is 1. The number of benzene rings is 1. The molecule has 2 atom stereocenters. The van der Waals surface area contributed by atoms with Crippen molar-refractivity contribution in [2.45, 2.75) is 84.7 Å². The van der Waals surface area contributed by atoms with E-state index >= 15 is 0 Å². The van der Waals surface area contributed by atoms with E-state index in [1.807, 2.05) is 26.0 Å². The molecule has 0 bridgehead atoms. The van der Waals surface area contributed by atoms with Crippen molar-refractivity contribution in [2.75, 3.05) is 20.3 Å². The number of methoxy groups -OCH3 is 1. The van der Waals surface area contributed by atoms with Crippen LogP contribution in [0.2, 0.25) is 0 Å². The predicted molar refractivity (Wildman–Crippen MR) is 132 cm³/mol. The molecule has 0 saturated heterocycles. The maximum atomic E-state index is 13.0. The van der Waals surface area contributed by atoms with Crippen LogP contribution in [0.1, 0.15) is 95.4 Å². The molecule has 0 unspecified atom stereocenters. The Bertz CT molecular complexity index is 790. The lowest BCUT2D eigenvalue weighted by Crippen LogP contribution is -2.46. The van der Waals surface area contributed by atoms with Crippen LogP contribution in [0.5, 0.6) is 0 Å². The largest absolute Gasteiger partial charge is 0.375 e. The highest BCUT2D eigenvalue weighted by Gasteiger charge is 2.26. The molecule has 0 saturated carbocycles. The van der Waals surface area contributed by atoms with Crippen LogP contribution < -0.4 is 16.4 Å². The zero-order chi connectivity index (χ0) is 25.1. The van der Waals surface area contributed by atoms with E-state index in [0.29, 0.717) is 37.6 Å². The first-order valence-corrected chi connectivity index (χ1v) is 12.0. The first kappa shape index (κ1) is 28.8. The van der Waals surface area contributed by atoms with Gasteiger partial charge in [0.25, 0.3) is 0 Å². The maximum Gasteiger partial charge on any atom is 0.245 e. The van der Waals surface area contributed by atoms with E-state index in [1.54, 1.807) is 0 Å². The average Bonchev–Trinajstić information content (AvgIpc) is 2.76. The summed E-state index contributed by atoms with van der Waals surface area (Å²) in [6.45, 7) is 12.7. The average molecular weight is 462 g/mol. The van der Waals surface area contributed by atoms with Gasteiger partial charge in [-0.15, -0.1) is 0 Å². The van der Waals surface area contributed by atoms with Gasteiger partial charge in [0.15, 0.2) is 5.78 Å². The minimum Gasteiger partial charge on any atom is -0.375 e. The van der Waals surface area contributed by atoms with E-state index < -0.39 is 12.1 Å². The molecule has 33 heavy (non-hydrogen) atoms.